The van der Waals surface area contributed by atoms with Crippen LogP contribution >= 0.6 is 0 Å². The molecule has 0 spiro atoms. The number of allylic oxidation sites excluding steroid dienone is 1. The number of hydrogen-bond acceptors (Lipinski definition) is 14. The Bertz CT molecular complexity index is 1580. The largest absolute Gasteiger partial charge is 1.00 e. The average molecular weight is 979 g/mol. The Balaban J connectivity index is -0.0000000845. The summed E-state index contributed by atoms with van der Waals surface area (Å²) in [4.78, 5) is 65.7. The van der Waals surface area contributed by atoms with Crippen molar-refractivity contribution in [3.8, 4) is 18.2 Å². The summed E-state index contributed by atoms with van der Waals surface area (Å²) < 4.78 is 13.9. The van der Waals surface area contributed by atoms with E-state index in [1.165, 1.54) is 0 Å². The molecule has 0 aliphatic carbocycles. The van der Waals surface area contributed by atoms with Crippen LogP contribution in [0.15, 0.2) is 11.1 Å². The number of esters is 3. The zero-order chi connectivity index (χ0) is 53.2. The molecule has 0 amide bonds. The number of Topliss-reactive ketones (excluding diaryl/α,β-unsaturated/α-hetero) is 1. The number of aliphatic hydroxyl groups is 1. The summed E-state index contributed by atoms with van der Waals surface area (Å²) in [5.74, 6) is -3.62. The van der Waals surface area contributed by atoms with Crippen LogP contribution in [0.4, 0.5) is 0 Å². The van der Waals surface area contributed by atoms with Gasteiger partial charge in [0.25, 0.3) is 0 Å². The molecule has 2 unspecified atom stereocenters. The molecular formula is C49H87KN4O13. The van der Waals surface area contributed by atoms with Gasteiger partial charge in [-0.05, 0) is 75.7 Å². The topological polar surface area (TPSA) is 297 Å². The van der Waals surface area contributed by atoms with Gasteiger partial charge in [0.1, 0.15) is 23.3 Å². The first-order valence-electron chi connectivity index (χ1n) is 22.1. The Hall–Kier alpha value is -3.72. The molecule has 382 valence electrons. The number of carboxylic acid groups (broad SMARTS) is 2. The monoisotopic (exact) mass is 979 g/mol. The van der Waals surface area contributed by atoms with Crippen LogP contribution < -0.4 is 51.4 Å². The number of ether oxygens (including phenoxy) is 3. The molecule has 0 aromatic heterocycles. The van der Waals surface area contributed by atoms with Crippen molar-refractivity contribution in [2.75, 3.05) is 26.4 Å². The number of rotatable bonds is 18. The van der Waals surface area contributed by atoms with Crippen molar-refractivity contribution in [1.29, 1.82) is 15.8 Å². The van der Waals surface area contributed by atoms with Gasteiger partial charge in [-0.25, -0.2) is 21.0 Å². The second-order valence-corrected chi connectivity index (χ2v) is 17.2. The summed E-state index contributed by atoms with van der Waals surface area (Å²) in [5, 5.41) is 51.6. The molecule has 0 saturated heterocycles. The summed E-state index contributed by atoms with van der Waals surface area (Å²) >= 11 is 0. The maximum atomic E-state index is 11.3. The van der Waals surface area contributed by atoms with E-state index in [0.717, 1.165) is 24.8 Å². The molecule has 0 heterocycles. The molecule has 0 aromatic rings. The molecule has 17 nitrogen and oxygen atoms in total. The number of aliphatic hydroxyl groups excluding tert-OH is 1. The molecule has 0 fully saturated rings. The van der Waals surface area contributed by atoms with Gasteiger partial charge in [-0.3, -0.25) is 9.59 Å². The van der Waals surface area contributed by atoms with Crippen molar-refractivity contribution in [3.63, 3.8) is 0 Å². The first kappa shape index (κ1) is 83.3. The quantitative estimate of drug-likeness (QED) is 0.0303. The van der Waals surface area contributed by atoms with E-state index >= 15 is 0 Å². The van der Waals surface area contributed by atoms with E-state index in [0.29, 0.717) is 45.5 Å². The van der Waals surface area contributed by atoms with Crippen LogP contribution in [-0.2, 0) is 43.0 Å². The van der Waals surface area contributed by atoms with Crippen LogP contribution in [0.2, 0.25) is 0 Å². The summed E-state index contributed by atoms with van der Waals surface area (Å²) in [6, 6.07) is 6.00. The van der Waals surface area contributed by atoms with Gasteiger partial charge in [0.05, 0.1) is 38.4 Å². The number of carbonyl (C=O) groups is 6. The third kappa shape index (κ3) is 53.1. The maximum absolute atomic E-state index is 11.3. The minimum atomic E-state index is -1.25. The summed E-state index contributed by atoms with van der Waals surface area (Å²) in [6.45, 7) is 42.6. The van der Waals surface area contributed by atoms with Crippen molar-refractivity contribution < 1.29 is 115 Å². The van der Waals surface area contributed by atoms with Crippen LogP contribution in [0.3, 0.4) is 0 Å². The number of nitrogens with zero attached hydrogens (tertiary/aromatic N) is 4. The van der Waals surface area contributed by atoms with E-state index in [-0.39, 0.29) is 97.4 Å². The van der Waals surface area contributed by atoms with E-state index in [9.17, 15) is 28.8 Å². The fourth-order valence-corrected chi connectivity index (χ4v) is 3.34. The molecule has 0 rings (SSSR count). The van der Waals surface area contributed by atoms with Gasteiger partial charge in [0, 0.05) is 18.3 Å². The van der Waals surface area contributed by atoms with E-state index in [4.69, 9.17) is 47.2 Å². The average Bonchev–Trinajstić information content (AvgIpc) is 3.22. The van der Waals surface area contributed by atoms with Gasteiger partial charge >= 0.3 is 87.8 Å². The van der Waals surface area contributed by atoms with Crippen molar-refractivity contribution >= 4 is 35.6 Å². The number of ketones is 1. The Labute approximate surface area is 446 Å². The molecule has 0 aliphatic rings. The number of aliphatic carboxylic acids is 2. The normalized spacial score (nSPS) is 11.1. The fraction of sp³-hybridized carbons (Fsp3) is 0.755. The first-order valence-corrected chi connectivity index (χ1v) is 22.1. The molecule has 4 N–H and O–H groups in total. The van der Waals surface area contributed by atoms with Crippen LogP contribution in [-0.4, -0.2) is 88.9 Å². The number of carboxylic acids is 2. The Morgan fingerprint density at radius 1 is 0.672 bits per heavy atom. The zero-order valence-electron chi connectivity index (χ0n) is 44.9. The third-order valence-corrected chi connectivity index (χ3v) is 9.89. The van der Waals surface area contributed by atoms with Crippen LogP contribution in [0, 0.1) is 68.1 Å². The smallest absolute Gasteiger partial charge is 0.870 e. The van der Waals surface area contributed by atoms with Crippen LogP contribution in [0.5, 0.6) is 0 Å². The summed E-state index contributed by atoms with van der Waals surface area (Å²) in [5.41, 5.74) is 0.281. The Morgan fingerprint density at radius 2 is 1.09 bits per heavy atom. The van der Waals surface area contributed by atoms with Gasteiger partial charge < -0.3 is 44.6 Å². The van der Waals surface area contributed by atoms with Gasteiger partial charge in [-0.1, -0.05) is 110 Å². The molecule has 0 radical (unpaired) electrons. The predicted molar refractivity (Wildman–Crippen MR) is 254 cm³/mol. The summed E-state index contributed by atoms with van der Waals surface area (Å²) in [6.07, 6.45) is 4.48. The molecule has 0 bridgehead atoms. The minimum Gasteiger partial charge on any atom is -0.870 e. The van der Waals surface area contributed by atoms with E-state index in [2.05, 4.69) is 36.4 Å². The maximum Gasteiger partial charge on any atom is 1.00 e. The standard InChI is InChI=1S/C10H17NO2.C9H13NO2.C7H13N.C7H14O3.C7H14O2.C5H7NO2.C4H8O.K.H2O/c1-5-10(3,4)8(7-11)9(12)13-6-2;1-4-7(3)8(6-10)9(11)12-5-2;1-4-7(2,3)5-6-8;1-4-7(2,3)5(8)6(9)10;1-4-7(2,3)5-6(8)9;1-3-8-5(7)4-6-2;1-3-4(2)5;;/h8H,5-6H2,1-4H3;4-5H2,1-3H3;4-5H2,1-3H3;5,8H,4H2,1-3H3,(H,9,10);4-5H2,1-3H3,(H,8,9);3-4H2,1H3;3H2,1-2H3;;1H2/q;;;;;;;+1;/p-1/b;8-7+;;;;;;;. The SMILES string of the molecule is CCC(C)(C)C(O)C(=O)O.CCC(C)(C)CC#N.CCC(C)(C)CC(=O)O.CCC(C)=O.CCOC(=O)/C(C#N)=C(\C)CC.CCOC(=O)C(C#N)C(C)(C)CC.[C-]#[N+]CC(=O)OCC.[K+].[OH-]. The van der Waals surface area contributed by atoms with Crippen molar-refractivity contribution in [2.45, 2.75) is 189 Å². The third-order valence-electron chi connectivity index (χ3n) is 9.89. The number of carbonyl (C=O) groups excluding carboxylic acids is 4. The second kappa shape index (κ2) is 48.7. The van der Waals surface area contributed by atoms with E-state index in [1.54, 1.807) is 48.5 Å². The minimum absolute atomic E-state index is 0. The molecule has 67 heavy (non-hydrogen) atoms. The van der Waals surface area contributed by atoms with Gasteiger partial charge in [0.2, 0.25) is 0 Å². The summed E-state index contributed by atoms with van der Waals surface area (Å²) in [7, 11) is 0. The van der Waals surface area contributed by atoms with Gasteiger partial charge in [0.15, 0.2) is 6.10 Å². The van der Waals surface area contributed by atoms with Crippen molar-refractivity contribution in [2.24, 2.45) is 27.6 Å². The van der Waals surface area contributed by atoms with Crippen LogP contribution in [0.1, 0.15) is 183 Å². The van der Waals surface area contributed by atoms with Crippen molar-refractivity contribution in [3.05, 3.63) is 22.6 Å². The molecule has 18 heteroatoms. The fourth-order valence-electron chi connectivity index (χ4n) is 3.34. The molecule has 2 atom stereocenters. The first-order chi connectivity index (χ1) is 29.7. The zero-order valence-corrected chi connectivity index (χ0v) is 48.0. The molecular weight excluding hydrogens is 892 g/mol. The van der Waals surface area contributed by atoms with Crippen LogP contribution in [0.25, 0.3) is 4.85 Å². The second-order valence-electron chi connectivity index (χ2n) is 17.2. The molecule has 0 saturated carbocycles. The number of nitriles is 3. The molecule has 0 aromatic carbocycles. The van der Waals surface area contributed by atoms with E-state index < -0.39 is 47.3 Å². The Morgan fingerprint density at radius 3 is 1.30 bits per heavy atom. The van der Waals surface area contributed by atoms with E-state index in [1.807, 2.05) is 74.5 Å². The molecule has 0 aliphatic heterocycles. The van der Waals surface area contributed by atoms with Gasteiger partial charge in [-0.15, -0.1) is 0 Å². The Kier molecular flexibility index (Phi) is 60.6. The predicted octanol–water partition coefficient (Wildman–Crippen LogP) is 7.31. The van der Waals surface area contributed by atoms with Crippen molar-refractivity contribution in [1.82, 2.24) is 0 Å². The number of hydrogen-bond donors (Lipinski definition) is 3. The van der Waals surface area contributed by atoms with Gasteiger partial charge in [-0.2, -0.15) is 15.8 Å².